The number of nitrogens with zero attached hydrogens (tertiary/aromatic N) is 1. The summed E-state index contributed by atoms with van der Waals surface area (Å²) in [5, 5.41) is 11.7. The fourth-order valence-electron chi connectivity index (χ4n) is 0.523. The van der Waals surface area contributed by atoms with Gasteiger partial charge in [-0.05, 0) is 6.42 Å². The molecule has 0 unspecified atom stereocenters. The second-order valence-corrected chi connectivity index (χ2v) is 2.60. The Morgan fingerprint density at radius 3 is 3.11 bits per heavy atom. The molecule has 0 amide bonds. The van der Waals surface area contributed by atoms with Crippen LogP contribution in [0, 0.1) is 6.92 Å². The van der Waals surface area contributed by atoms with Gasteiger partial charge in [0.2, 0.25) is 0 Å². The molecule has 1 atom stereocenters. The molecule has 1 heterocycles. The van der Waals surface area contributed by atoms with Crippen LogP contribution in [0.2, 0.25) is 0 Å². The number of rotatable bonds is 2. The van der Waals surface area contributed by atoms with Gasteiger partial charge in [-0.3, -0.25) is 0 Å². The molecule has 0 bridgehead atoms. The topological polar surface area (TPSA) is 33.1 Å². The van der Waals surface area contributed by atoms with Crippen molar-refractivity contribution in [3.63, 3.8) is 0 Å². The number of thiazole rings is 1. The molecule has 0 aliphatic carbocycles. The summed E-state index contributed by atoms with van der Waals surface area (Å²) in [5.41, 5.74) is 0. The largest absolute Gasteiger partial charge is 0.386 e. The maximum absolute atomic E-state index is 9.10. The standard InChI is InChI=1S/C6H8NOS/c1-2-5(8)6-7-3-4-9-6/h3-5,8H,1-2H2/t5-/m0/s1. The van der Waals surface area contributed by atoms with E-state index in [1.165, 1.54) is 11.3 Å². The third-order valence-electron chi connectivity index (χ3n) is 1.01. The van der Waals surface area contributed by atoms with Gasteiger partial charge in [0, 0.05) is 11.6 Å². The average Bonchev–Trinajstić information content (AvgIpc) is 2.37. The summed E-state index contributed by atoms with van der Waals surface area (Å²) in [6, 6.07) is 0. The lowest BCUT2D eigenvalue weighted by Gasteiger charge is -1.99. The van der Waals surface area contributed by atoms with Gasteiger partial charge in [-0.2, -0.15) is 0 Å². The third-order valence-corrected chi connectivity index (χ3v) is 1.89. The van der Waals surface area contributed by atoms with E-state index in [0.29, 0.717) is 6.42 Å². The first kappa shape index (κ1) is 6.71. The molecular weight excluding hydrogens is 134 g/mol. The lowest BCUT2D eigenvalue weighted by atomic mass is 10.3. The SMILES string of the molecule is [CH2]C[C@H](O)c1nccs1. The maximum atomic E-state index is 9.10. The number of hydrogen-bond donors (Lipinski definition) is 1. The molecule has 49 valence electrons. The first-order chi connectivity index (χ1) is 4.34. The molecule has 9 heavy (non-hydrogen) atoms. The summed E-state index contributed by atoms with van der Waals surface area (Å²) in [7, 11) is 0. The zero-order valence-corrected chi connectivity index (χ0v) is 5.77. The van der Waals surface area contributed by atoms with Crippen LogP contribution in [0.15, 0.2) is 11.6 Å². The van der Waals surface area contributed by atoms with Gasteiger partial charge < -0.3 is 5.11 Å². The van der Waals surface area contributed by atoms with Crippen LogP contribution in [0.5, 0.6) is 0 Å². The van der Waals surface area contributed by atoms with E-state index in [1.807, 2.05) is 5.38 Å². The van der Waals surface area contributed by atoms with Crippen LogP contribution >= 0.6 is 11.3 Å². The zero-order valence-electron chi connectivity index (χ0n) is 4.95. The van der Waals surface area contributed by atoms with Crippen LogP contribution < -0.4 is 0 Å². The van der Waals surface area contributed by atoms with Gasteiger partial charge in [-0.25, -0.2) is 4.98 Å². The average molecular weight is 142 g/mol. The molecular formula is C6H8NOS. The predicted octanol–water partition coefficient (Wildman–Crippen LogP) is 1.40. The highest BCUT2D eigenvalue weighted by Gasteiger charge is 2.05. The first-order valence-corrected chi connectivity index (χ1v) is 3.59. The summed E-state index contributed by atoms with van der Waals surface area (Å²) >= 11 is 1.45. The van der Waals surface area contributed by atoms with E-state index >= 15 is 0 Å². The van der Waals surface area contributed by atoms with Crippen molar-refractivity contribution in [3.8, 4) is 0 Å². The number of aliphatic hydroxyl groups is 1. The minimum atomic E-state index is -0.468. The quantitative estimate of drug-likeness (QED) is 0.677. The zero-order chi connectivity index (χ0) is 6.69. The van der Waals surface area contributed by atoms with Gasteiger partial charge in [0.05, 0.1) is 0 Å². The van der Waals surface area contributed by atoms with E-state index in [4.69, 9.17) is 5.11 Å². The molecule has 1 aromatic rings. The Kier molecular flexibility index (Phi) is 2.19. The fraction of sp³-hybridized carbons (Fsp3) is 0.333. The Morgan fingerprint density at radius 2 is 2.67 bits per heavy atom. The molecule has 0 aromatic carbocycles. The number of hydrogen-bond acceptors (Lipinski definition) is 3. The second-order valence-electron chi connectivity index (χ2n) is 1.67. The lowest BCUT2D eigenvalue weighted by Crippen LogP contribution is -1.92. The van der Waals surface area contributed by atoms with Gasteiger partial charge in [0.25, 0.3) is 0 Å². The van der Waals surface area contributed by atoms with Crippen molar-refractivity contribution in [2.45, 2.75) is 12.5 Å². The smallest absolute Gasteiger partial charge is 0.121 e. The minimum Gasteiger partial charge on any atom is -0.386 e. The monoisotopic (exact) mass is 142 g/mol. The van der Waals surface area contributed by atoms with Crippen LogP contribution in [-0.2, 0) is 0 Å². The molecule has 0 fully saturated rings. The Hall–Kier alpha value is -0.410. The molecule has 0 aliphatic rings. The number of aromatic nitrogens is 1. The summed E-state index contributed by atoms with van der Waals surface area (Å²) in [6.07, 6.45) is 1.71. The fourth-order valence-corrected chi connectivity index (χ4v) is 1.18. The van der Waals surface area contributed by atoms with Gasteiger partial charge >= 0.3 is 0 Å². The summed E-state index contributed by atoms with van der Waals surface area (Å²) in [6.45, 7) is 3.56. The molecule has 2 nitrogen and oxygen atoms in total. The predicted molar refractivity (Wildman–Crippen MR) is 37.0 cm³/mol. The highest BCUT2D eigenvalue weighted by molar-refractivity contribution is 7.09. The Balaban J connectivity index is 2.65. The number of aliphatic hydroxyl groups excluding tert-OH is 1. The molecule has 3 heteroatoms. The third kappa shape index (κ3) is 1.50. The van der Waals surface area contributed by atoms with Gasteiger partial charge in [0.15, 0.2) is 0 Å². The molecule has 0 saturated carbocycles. The Labute approximate surface area is 58.2 Å². The van der Waals surface area contributed by atoms with Crippen molar-refractivity contribution in [2.75, 3.05) is 0 Å². The molecule has 1 rings (SSSR count). The van der Waals surface area contributed by atoms with E-state index in [2.05, 4.69) is 11.9 Å². The Morgan fingerprint density at radius 1 is 1.89 bits per heavy atom. The van der Waals surface area contributed by atoms with Gasteiger partial charge in [-0.15, -0.1) is 11.3 Å². The molecule has 1 aromatic heterocycles. The van der Waals surface area contributed by atoms with Crippen molar-refractivity contribution in [3.05, 3.63) is 23.5 Å². The van der Waals surface area contributed by atoms with Crippen LogP contribution in [0.3, 0.4) is 0 Å². The van der Waals surface area contributed by atoms with Crippen LogP contribution in [-0.4, -0.2) is 10.1 Å². The summed E-state index contributed by atoms with van der Waals surface area (Å²) in [5.74, 6) is 0. The first-order valence-electron chi connectivity index (χ1n) is 2.71. The van der Waals surface area contributed by atoms with Crippen molar-refractivity contribution >= 4 is 11.3 Å². The molecule has 0 spiro atoms. The minimum absolute atomic E-state index is 0.468. The van der Waals surface area contributed by atoms with Crippen molar-refractivity contribution < 1.29 is 5.11 Å². The van der Waals surface area contributed by atoms with Crippen LogP contribution in [0.4, 0.5) is 0 Å². The molecule has 1 N–H and O–H groups in total. The van der Waals surface area contributed by atoms with Crippen molar-refractivity contribution in [1.29, 1.82) is 0 Å². The van der Waals surface area contributed by atoms with Crippen LogP contribution in [0.25, 0.3) is 0 Å². The highest BCUT2D eigenvalue weighted by Crippen LogP contribution is 2.17. The van der Waals surface area contributed by atoms with Gasteiger partial charge in [-0.1, -0.05) is 6.92 Å². The lowest BCUT2D eigenvalue weighted by molar-refractivity contribution is 0.180. The van der Waals surface area contributed by atoms with Crippen molar-refractivity contribution in [2.24, 2.45) is 0 Å². The van der Waals surface area contributed by atoms with Crippen molar-refractivity contribution in [1.82, 2.24) is 4.98 Å². The molecule has 0 saturated heterocycles. The van der Waals surface area contributed by atoms with E-state index in [0.717, 1.165) is 5.01 Å². The second kappa shape index (κ2) is 2.94. The maximum Gasteiger partial charge on any atom is 0.121 e. The van der Waals surface area contributed by atoms with E-state index in [-0.39, 0.29) is 0 Å². The summed E-state index contributed by atoms with van der Waals surface area (Å²) < 4.78 is 0. The van der Waals surface area contributed by atoms with E-state index < -0.39 is 6.10 Å². The Bertz CT molecular complexity index is 162. The molecule has 0 aliphatic heterocycles. The van der Waals surface area contributed by atoms with E-state index in [9.17, 15) is 0 Å². The highest BCUT2D eigenvalue weighted by atomic mass is 32.1. The normalized spacial score (nSPS) is 13.6. The molecule has 1 radical (unpaired) electrons. The van der Waals surface area contributed by atoms with E-state index in [1.54, 1.807) is 6.20 Å². The van der Waals surface area contributed by atoms with Crippen LogP contribution in [0.1, 0.15) is 17.5 Å². The van der Waals surface area contributed by atoms with Gasteiger partial charge in [0.1, 0.15) is 11.1 Å². The summed E-state index contributed by atoms with van der Waals surface area (Å²) in [4.78, 5) is 3.92.